The molecule has 0 spiro atoms. The van der Waals surface area contributed by atoms with Gasteiger partial charge in [-0.2, -0.15) is 36.7 Å². The molecule has 0 radical (unpaired) electrons. The van der Waals surface area contributed by atoms with E-state index in [2.05, 4.69) is 6.92 Å². The normalized spacial score (nSPS) is 24.8. The number of aliphatic hydroxyl groups excluding tert-OH is 1. The molecule has 6 heteroatoms. The van der Waals surface area contributed by atoms with Crippen LogP contribution in [0.1, 0.15) is 24.5 Å². The third-order valence-electron chi connectivity index (χ3n) is 3.60. The first-order chi connectivity index (χ1) is 9.91. The molecule has 1 aliphatic heterocycles. The van der Waals surface area contributed by atoms with Crippen LogP contribution in [-0.2, 0) is 12.6 Å². The summed E-state index contributed by atoms with van der Waals surface area (Å²) in [7, 11) is 0. The van der Waals surface area contributed by atoms with Gasteiger partial charge in [0.15, 0.2) is 0 Å². The summed E-state index contributed by atoms with van der Waals surface area (Å²) in [5, 5.41) is 11.0. The molecule has 1 nitrogen and oxygen atoms in total. The monoisotopic (exact) mass is 336 g/mol. The Bertz CT molecular complexity index is 447. The molecule has 118 valence electrons. The van der Waals surface area contributed by atoms with E-state index >= 15 is 0 Å². The molecule has 0 aromatic heterocycles. The molecular formula is C15H19F3OS2. The Labute approximate surface area is 131 Å². The maximum Gasteiger partial charge on any atom is 0.416 e. The van der Waals surface area contributed by atoms with E-state index in [4.69, 9.17) is 0 Å². The molecule has 0 saturated carbocycles. The number of rotatable bonds is 4. The summed E-state index contributed by atoms with van der Waals surface area (Å²) in [6, 6.07) is 5.10. The zero-order valence-electron chi connectivity index (χ0n) is 11.8. The Kier molecular flexibility index (Phi) is 5.91. The molecule has 0 bridgehead atoms. The molecule has 3 atom stereocenters. The smallest absolute Gasteiger partial charge is 0.392 e. The number of aliphatic hydroxyl groups is 1. The Morgan fingerprint density at radius 1 is 1.19 bits per heavy atom. The second-order valence-corrected chi connectivity index (χ2v) is 7.75. The van der Waals surface area contributed by atoms with Gasteiger partial charge in [-0.15, -0.1) is 0 Å². The molecule has 2 rings (SSSR count). The lowest BCUT2D eigenvalue weighted by molar-refractivity contribution is -0.137. The lowest BCUT2D eigenvalue weighted by Crippen LogP contribution is -2.37. The summed E-state index contributed by atoms with van der Waals surface area (Å²) in [6.45, 7) is 2.11. The second-order valence-electron chi connectivity index (χ2n) is 5.12. The second kappa shape index (κ2) is 7.29. The van der Waals surface area contributed by atoms with Crippen molar-refractivity contribution < 1.29 is 18.3 Å². The fourth-order valence-corrected chi connectivity index (χ4v) is 5.63. The lowest BCUT2D eigenvalue weighted by Gasteiger charge is -2.33. The standard InChI is InChI=1S/C15H19F3OS2/c1-2-13-14(21-8-7-20-13)12(19)9-10-3-5-11(6-4-10)15(16,17)18/h3-6,12-14,19H,2,7-9H2,1H3. The molecule has 0 aliphatic carbocycles. The lowest BCUT2D eigenvalue weighted by atomic mass is 10.0. The first-order valence-electron chi connectivity index (χ1n) is 6.99. The van der Waals surface area contributed by atoms with Gasteiger partial charge in [0, 0.05) is 22.0 Å². The van der Waals surface area contributed by atoms with Crippen molar-refractivity contribution in [1.29, 1.82) is 0 Å². The van der Waals surface area contributed by atoms with E-state index in [-0.39, 0.29) is 5.25 Å². The third-order valence-corrected chi connectivity index (χ3v) is 6.99. The Morgan fingerprint density at radius 2 is 1.81 bits per heavy atom. The maximum atomic E-state index is 12.5. The minimum Gasteiger partial charge on any atom is -0.392 e. The van der Waals surface area contributed by atoms with Crippen molar-refractivity contribution in [3.05, 3.63) is 35.4 Å². The molecule has 1 aliphatic rings. The van der Waals surface area contributed by atoms with Gasteiger partial charge in [-0.25, -0.2) is 0 Å². The van der Waals surface area contributed by atoms with Crippen molar-refractivity contribution in [2.24, 2.45) is 0 Å². The summed E-state index contributed by atoms with van der Waals surface area (Å²) < 4.78 is 37.5. The SMILES string of the molecule is CCC1SCCSC1C(O)Cc1ccc(C(F)(F)F)cc1. The molecule has 1 saturated heterocycles. The van der Waals surface area contributed by atoms with E-state index in [1.54, 1.807) is 11.8 Å². The molecular weight excluding hydrogens is 317 g/mol. The van der Waals surface area contributed by atoms with E-state index in [0.717, 1.165) is 35.6 Å². The quantitative estimate of drug-likeness (QED) is 0.888. The van der Waals surface area contributed by atoms with Gasteiger partial charge in [0.05, 0.1) is 11.7 Å². The van der Waals surface area contributed by atoms with E-state index in [0.29, 0.717) is 11.7 Å². The Morgan fingerprint density at radius 3 is 2.38 bits per heavy atom. The van der Waals surface area contributed by atoms with Crippen molar-refractivity contribution in [3.63, 3.8) is 0 Å². The number of halogens is 3. The van der Waals surface area contributed by atoms with Gasteiger partial charge in [0.25, 0.3) is 0 Å². The predicted molar refractivity (Wildman–Crippen MR) is 83.9 cm³/mol. The van der Waals surface area contributed by atoms with Crippen LogP contribution >= 0.6 is 23.5 Å². The molecule has 1 heterocycles. The van der Waals surface area contributed by atoms with Crippen LogP contribution in [0.4, 0.5) is 13.2 Å². The van der Waals surface area contributed by atoms with Crippen LogP contribution in [0.3, 0.4) is 0 Å². The van der Waals surface area contributed by atoms with Gasteiger partial charge >= 0.3 is 6.18 Å². The molecule has 0 amide bonds. The highest BCUT2D eigenvalue weighted by atomic mass is 32.2. The first-order valence-corrected chi connectivity index (χ1v) is 9.09. The highest BCUT2D eigenvalue weighted by Crippen LogP contribution is 2.36. The Balaban J connectivity index is 2.00. The zero-order valence-corrected chi connectivity index (χ0v) is 13.4. The van der Waals surface area contributed by atoms with Gasteiger partial charge in [-0.1, -0.05) is 19.1 Å². The van der Waals surface area contributed by atoms with Gasteiger partial charge in [0.1, 0.15) is 0 Å². The predicted octanol–water partition coefficient (Wildman–Crippen LogP) is 4.24. The topological polar surface area (TPSA) is 20.2 Å². The molecule has 1 aromatic rings. The van der Waals surface area contributed by atoms with Gasteiger partial charge in [0.2, 0.25) is 0 Å². The summed E-state index contributed by atoms with van der Waals surface area (Å²) >= 11 is 3.67. The number of alkyl halides is 3. The van der Waals surface area contributed by atoms with Crippen molar-refractivity contribution >= 4 is 23.5 Å². The fourth-order valence-electron chi connectivity index (χ4n) is 2.48. The highest BCUT2D eigenvalue weighted by molar-refractivity contribution is 8.07. The number of hydrogen-bond acceptors (Lipinski definition) is 3. The van der Waals surface area contributed by atoms with Gasteiger partial charge < -0.3 is 5.11 Å². The minimum absolute atomic E-state index is 0.163. The highest BCUT2D eigenvalue weighted by Gasteiger charge is 2.32. The van der Waals surface area contributed by atoms with Crippen LogP contribution in [0.5, 0.6) is 0 Å². The number of benzene rings is 1. The summed E-state index contributed by atoms with van der Waals surface area (Å²) in [5.41, 5.74) is 0.108. The fraction of sp³-hybridized carbons (Fsp3) is 0.600. The van der Waals surface area contributed by atoms with Crippen LogP contribution < -0.4 is 0 Å². The largest absolute Gasteiger partial charge is 0.416 e. The van der Waals surface area contributed by atoms with Crippen molar-refractivity contribution in [2.45, 2.75) is 42.5 Å². The average Bonchev–Trinajstić information content (AvgIpc) is 2.46. The number of hydrogen-bond donors (Lipinski definition) is 1. The summed E-state index contributed by atoms with van der Waals surface area (Å²) in [6.07, 6.45) is -3.40. The third kappa shape index (κ3) is 4.57. The Hall–Kier alpha value is -0.330. The molecule has 1 aromatic carbocycles. The van der Waals surface area contributed by atoms with E-state index in [9.17, 15) is 18.3 Å². The van der Waals surface area contributed by atoms with Crippen LogP contribution in [0, 0.1) is 0 Å². The maximum absolute atomic E-state index is 12.5. The minimum atomic E-state index is -4.31. The van der Waals surface area contributed by atoms with Crippen molar-refractivity contribution in [3.8, 4) is 0 Å². The molecule has 1 fully saturated rings. The first kappa shape index (κ1) is 17.0. The molecule has 1 N–H and O–H groups in total. The van der Waals surface area contributed by atoms with Gasteiger partial charge in [-0.3, -0.25) is 0 Å². The summed E-state index contributed by atoms with van der Waals surface area (Å²) in [4.78, 5) is 0. The van der Waals surface area contributed by atoms with Crippen LogP contribution in [0.25, 0.3) is 0 Å². The van der Waals surface area contributed by atoms with Crippen molar-refractivity contribution in [2.75, 3.05) is 11.5 Å². The van der Waals surface area contributed by atoms with Crippen molar-refractivity contribution in [1.82, 2.24) is 0 Å². The molecule has 3 unspecified atom stereocenters. The number of thioether (sulfide) groups is 2. The van der Waals surface area contributed by atoms with Crippen LogP contribution in [0.15, 0.2) is 24.3 Å². The van der Waals surface area contributed by atoms with Gasteiger partial charge in [-0.05, 0) is 30.5 Å². The summed E-state index contributed by atoms with van der Waals surface area (Å²) in [5.74, 6) is 2.13. The van der Waals surface area contributed by atoms with Crippen LogP contribution in [-0.4, -0.2) is 33.2 Å². The van der Waals surface area contributed by atoms with E-state index in [1.807, 2.05) is 11.8 Å². The van der Waals surface area contributed by atoms with E-state index < -0.39 is 17.8 Å². The van der Waals surface area contributed by atoms with Crippen LogP contribution in [0.2, 0.25) is 0 Å². The zero-order chi connectivity index (χ0) is 15.5. The van der Waals surface area contributed by atoms with E-state index in [1.165, 1.54) is 12.1 Å². The average molecular weight is 336 g/mol. The molecule has 21 heavy (non-hydrogen) atoms.